The molecule has 2 aromatic carbocycles. The smallest absolute Gasteiger partial charge is 0.406 e. The highest BCUT2D eigenvalue weighted by Gasteiger charge is 2.32. The van der Waals surface area contributed by atoms with Crippen molar-refractivity contribution in [1.29, 1.82) is 0 Å². The second-order valence-corrected chi connectivity index (χ2v) is 9.99. The highest BCUT2D eigenvalue weighted by Crippen LogP contribution is 2.32. The minimum absolute atomic E-state index is 0.0547. The number of ether oxygens (including phenoxy) is 1. The molecule has 1 aromatic heterocycles. The number of hydrogen-bond acceptors (Lipinski definition) is 5. The predicted molar refractivity (Wildman–Crippen MR) is 147 cm³/mol. The Balaban J connectivity index is 1.59. The Kier molecular flexibility index (Phi) is 8.79. The molecule has 3 N–H and O–H groups in total. The molecule has 1 fully saturated rings. The van der Waals surface area contributed by atoms with Crippen molar-refractivity contribution in [3.8, 4) is 17.6 Å². The lowest BCUT2D eigenvalue weighted by molar-refractivity contribution is -0.140. The third kappa shape index (κ3) is 6.80. The van der Waals surface area contributed by atoms with Crippen LogP contribution in [0.1, 0.15) is 36.3 Å². The van der Waals surface area contributed by atoms with Gasteiger partial charge in [-0.15, -0.1) is 0 Å². The van der Waals surface area contributed by atoms with Gasteiger partial charge in [0.15, 0.2) is 0 Å². The number of nitrogens with zero attached hydrogens (tertiary/aromatic N) is 2. The number of fused-ring (bicyclic) bond motifs is 1. The first-order valence-corrected chi connectivity index (χ1v) is 12.9. The summed E-state index contributed by atoms with van der Waals surface area (Å²) in [6.45, 7) is 3.92. The maximum absolute atomic E-state index is 15.0. The molecule has 0 aliphatic carbocycles. The van der Waals surface area contributed by atoms with E-state index in [2.05, 4.69) is 27.4 Å². The second kappa shape index (κ2) is 12.1. The van der Waals surface area contributed by atoms with Gasteiger partial charge in [-0.05, 0) is 62.6 Å². The molecule has 2 atom stereocenters. The van der Waals surface area contributed by atoms with Gasteiger partial charge in [-0.3, -0.25) is 4.90 Å². The zero-order chi connectivity index (χ0) is 29.0. The van der Waals surface area contributed by atoms with Crippen LogP contribution in [0.15, 0.2) is 42.5 Å². The molecule has 0 spiro atoms. The van der Waals surface area contributed by atoms with Gasteiger partial charge in [-0.1, -0.05) is 12.0 Å². The minimum Gasteiger partial charge on any atom is -0.495 e. The SMILES string of the molecule is COc1cc(C(=O)O)ccc1NCC#Cc1cc2c(N[C@H]3CCN(C(C)C)C[C@H]3F)cccc2n1CC(F)(F)F. The first kappa shape index (κ1) is 29.1. The highest BCUT2D eigenvalue weighted by molar-refractivity contribution is 5.94. The van der Waals surface area contributed by atoms with Crippen molar-refractivity contribution in [3.63, 3.8) is 0 Å². The van der Waals surface area contributed by atoms with E-state index in [1.54, 1.807) is 24.3 Å². The Bertz CT molecular complexity index is 1420. The molecular weight excluding hydrogens is 528 g/mol. The summed E-state index contributed by atoms with van der Waals surface area (Å²) < 4.78 is 61.9. The maximum atomic E-state index is 15.0. The van der Waals surface area contributed by atoms with Gasteiger partial charge in [0, 0.05) is 30.2 Å². The van der Waals surface area contributed by atoms with E-state index in [1.807, 2.05) is 13.8 Å². The van der Waals surface area contributed by atoms with Crippen molar-refractivity contribution in [3.05, 3.63) is 53.7 Å². The lowest BCUT2D eigenvalue weighted by atomic mass is 10.0. The zero-order valence-corrected chi connectivity index (χ0v) is 22.5. The van der Waals surface area contributed by atoms with Gasteiger partial charge in [0.05, 0.1) is 42.2 Å². The normalized spacial score (nSPS) is 17.9. The quantitative estimate of drug-likeness (QED) is 0.246. The van der Waals surface area contributed by atoms with Crippen LogP contribution in [-0.2, 0) is 6.54 Å². The number of carboxylic acid groups (broad SMARTS) is 1. The van der Waals surface area contributed by atoms with Crippen LogP contribution < -0.4 is 15.4 Å². The van der Waals surface area contributed by atoms with E-state index in [4.69, 9.17) is 9.84 Å². The number of alkyl halides is 4. The average Bonchev–Trinajstić information content (AvgIpc) is 3.24. The summed E-state index contributed by atoms with van der Waals surface area (Å²) in [5, 5.41) is 15.9. The molecule has 1 aliphatic heterocycles. The summed E-state index contributed by atoms with van der Waals surface area (Å²) in [6, 6.07) is 10.7. The van der Waals surface area contributed by atoms with Crippen LogP contribution in [0.4, 0.5) is 28.9 Å². The Morgan fingerprint density at radius 3 is 2.62 bits per heavy atom. The molecule has 40 heavy (non-hydrogen) atoms. The fourth-order valence-corrected chi connectivity index (χ4v) is 4.87. The lowest BCUT2D eigenvalue weighted by Crippen LogP contribution is -2.50. The summed E-state index contributed by atoms with van der Waals surface area (Å²) >= 11 is 0. The van der Waals surface area contributed by atoms with Gasteiger partial charge >= 0.3 is 12.1 Å². The first-order chi connectivity index (χ1) is 19.0. The molecule has 4 rings (SSSR count). The van der Waals surface area contributed by atoms with Crippen molar-refractivity contribution in [2.75, 3.05) is 37.4 Å². The van der Waals surface area contributed by atoms with E-state index in [0.29, 0.717) is 41.0 Å². The molecule has 0 radical (unpaired) electrons. The molecule has 2 heterocycles. The largest absolute Gasteiger partial charge is 0.495 e. The third-order valence-electron chi connectivity index (χ3n) is 6.96. The van der Waals surface area contributed by atoms with Gasteiger partial charge in [0.2, 0.25) is 0 Å². The number of likely N-dealkylation sites (tertiary alicyclic amines) is 1. The summed E-state index contributed by atoms with van der Waals surface area (Å²) in [4.78, 5) is 13.3. The Labute approximate surface area is 230 Å². The molecule has 0 amide bonds. The van der Waals surface area contributed by atoms with E-state index in [0.717, 1.165) is 11.1 Å². The standard InChI is InChI=1S/C29H32F4N4O3/c1-18(2)36-13-11-24(22(30)16-36)35-23-7-4-8-26-21(23)15-20(37(26)17-29(31,32)33)6-5-12-34-25-10-9-19(28(38)39)14-27(25)40-3/h4,7-10,14-15,18,22,24,34-35H,11-13,16-17H2,1-3H3,(H,38,39)/t22-,24+/m1/s1. The van der Waals surface area contributed by atoms with Crippen LogP contribution in [0, 0.1) is 11.8 Å². The Morgan fingerprint density at radius 1 is 1.20 bits per heavy atom. The fraction of sp³-hybridized carbons (Fsp3) is 0.414. The van der Waals surface area contributed by atoms with Crippen LogP contribution in [0.2, 0.25) is 0 Å². The summed E-state index contributed by atoms with van der Waals surface area (Å²) in [5.41, 5.74) is 1.63. The molecule has 7 nitrogen and oxygen atoms in total. The predicted octanol–water partition coefficient (Wildman–Crippen LogP) is 5.61. The molecule has 3 aromatic rings. The van der Waals surface area contributed by atoms with Crippen LogP contribution in [0.25, 0.3) is 10.9 Å². The number of methoxy groups -OCH3 is 1. The number of rotatable bonds is 8. The molecule has 1 aliphatic rings. The van der Waals surface area contributed by atoms with Crippen molar-refractivity contribution in [1.82, 2.24) is 9.47 Å². The van der Waals surface area contributed by atoms with Crippen molar-refractivity contribution in [2.24, 2.45) is 0 Å². The van der Waals surface area contributed by atoms with Gasteiger partial charge in [0.25, 0.3) is 0 Å². The van der Waals surface area contributed by atoms with Crippen LogP contribution in [0.3, 0.4) is 0 Å². The van der Waals surface area contributed by atoms with Crippen molar-refractivity contribution < 1.29 is 32.2 Å². The summed E-state index contributed by atoms with van der Waals surface area (Å²) in [5.74, 6) is 4.87. The number of benzene rings is 2. The molecule has 11 heteroatoms. The Hall–Kier alpha value is -3.91. The van der Waals surface area contributed by atoms with Crippen LogP contribution >= 0.6 is 0 Å². The number of halogens is 4. The van der Waals surface area contributed by atoms with Gasteiger partial charge in [0.1, 0.15) is 18.5 Å². The Morgan fingerprint density at radius 2 is 1.98 bits per heavy atom. The van der Waals surface area contributed by atoms with Crippen molar-refractivity contribution >= 4 is 28.2 Å². The van der Waals surface area contributed by atoms with E-state index >= 15 is 0 Å². The van der Waals surface area contributed by atoms with Crippen LogP contribution in [-0.4, -0.2) is 71.7 Å². The topological polar surface area (TPSA) is 78.8 Å². The maximum Gasteiger partial charge on any atom is 0.406 e. The van der Waals surface area contributed by atoms with Gasteiger partial charge < -0.3 is 25.0 Å². The lowest BCUT2D eigenvalue weighted by Gasteiger charge is -2.37. The first-order valence-electron chi connectivity index (χ1n) is 12.9. The monoisotopic (exact) mass is 560 g/mol. The molecule has 0 bridgehead atoms. The number of piperidine rings is 1. The minimum atomic E-state index is -4.48. The van der Waals surface area contributed by atoms with Gasteiger partial charge in [-0.25, -0.2) is 9.18 Å². The van der Waals surface area contributed by atoms with Crippen molar-refractivity contribution in [2.45, 2.75) is 51.2 Å². The summed E-state index contributed by atoms with van der Waals surface area (Å²) in [7, 11) is 1.40. The number of hydrogen-bond donors (Lipinski definition) is 3. The summed E-state index contributed by atoms with van der Waals surface area (Å²) in [6.07, 6.45) is -5.01. The average molecular weight is 561 g/mol. The molecule has 0 saturated carbocycles. The molecule has 0 unspecified atom stereocenters. The molecule has 1 saturated heterocycles. The van der Waals surface area contributed by atoms with E-state index in [9.17, 15) is 22.4 Å². The zero-order valence-electron chi connectivity index (χ0n) is 22.5. The van der Waals surface area contributed by atoms with Gasteiger partial charge in [-0.2, -0.15) is 13.2 Å². The second-order valence-electron chi connectivity index (χ2n) is 9.99. The third-order valence-corrected chi connectivity index (χ3v) is 6.96. The number of anilines is 2. The van der Waals surface area contributed by atoms with E-state index < -0.39 is 30.9 Å². The number of carbonyl (C=O) groups is 1. The number of aromatic carboxylic acids is 1. The highest BCUT2D eigenvalue weighted by atomic mass is 19.4. The fourth-order valence-electron chi connectivity index (χ4n) is 4.87. The van der Waals surface area contributed by atoms with E-state index in [-0.39, 0.29) is 23.8 Å². The number of nitrogens with one attached hydrogen (secondary N) is 2. The number of carboxylic acids is 1. The number of aromatic nitrogens is 1. The van der Waals surface area contributed by atoms with Crippen LogP contribution in [0.5, 0.6) is 5.75 Å². The molecule has 214 valence electrons. The molecular formula is C29H32F4N4O3. The van der Waals surface area contributed by atoms with E-state index in [1.165, 1.54) is 25.3 Å².